The molecule has 4 N–H and O–H groups in total. The molecular formula is C44H39N7O8S2. The van der Waals surface area contributed by atoms with Crippen molar-refractivity contribution in [3.63, 3.8) is 0 Å². The summed E-state index contributed by atoms with van der Waals surface area (Å²) in [6.07, 6.45) is 0.00124. The first kappa shape index (κ1) is 42.2. The van der Waals surface area contributed by atoms with Gasteiger partial charge >= 0.3 is 0 Å². The van der Waals surface area contributed by atoms with Crippen LogP contribution in [0.4, 0.5) is 45.5 Å². The molecule has 310 valence electrons. The predicted octanol–water partition coefficient (Wildman–Crippen LogP) is 12.5. The number of hydrogen-bond donors (Lipinski definition) is 4. The molecule has 0 spiro atoms. The van der Waals surface area contributed by atoms with Gasteiger partial charge in [-0.1, -0.05) is 42.5 Å². The zero-order chi connectivity index (χ0) is 43.3. The molecule has 0 heterocycles. The van der Waals surface area contributed by atoms with Crippen LogP contribution < -0.4 is 10.1 Å². The van der Waals surface area contributed by atoms with Crippen LogP contribution in [0.15, 0.2) is 157 Å². The number of phenolic OH excluding ortho intramolecular Hbond substituents is 1. The molecule has 17 heteroatoms. The van der Waals surface area contributed by atoms with Crippen molar-refractivity contribution in [2.24, 2.45) is 30.7 Å². The van der Waals surface area contributed by atoms with Gasteiger partial charge in [-0.3, -0.25) is 9.11 Å². The minimum absolute atomic E-state index is 0.00124. The number of azo groups is 3. The van der Waals surface area contributed by atoms with E-state index in [0.29, 0.717) is 55.8 Å². The highest BCUT2D eigenvalue weighted by atomic mass is 32.2. The van der Waals surface area contributed by atoms with E-state index < -0.39 is 26.0 Å². The Balaban J connectivity index is 1.12. The molecule has 15 nitrogen and oxygen atoms in total. The van der Waals surface area contributed by atoms with Gasteiger partial charge in [-0.05, 0) is 127 Å². The molecule has 7 aromatic rings. The second-order valence-electron chi connectivity index (χ2n) is 14.1. The number of ether oxygens (including phenoxy) is 1. The fraction of sp³-hybridized carbons (Fsp3) is 0.136. The second-order valence-corrected chi connectivity index (χ2v) is 17.1. The monoisotopic (exact) mass is 857 g/mol. The van der Waals surface area contributed by atoms with Crippen LogP contribution in [0.25, 0.3) is 21.5 Å². The highest BCUT2D eigenvalue weighted by Crippen LogP contribution is 2.40. The summed E-state index contributed by atoms with van der Waals surface area (Å²) in [6, 6.07) is 35.2. The number of benzene rings is 7. The molecule has 0 saturated carbocycles. The average Bonchev–Trinajstić information content (AvgIpc) is 3.22. The minimum Gasteiger partial charge on any atom is -0.505 e. The number of phenols is 1. The van der Waals surface area contributed by atoms with Crippen molar-refractivity contribution in [3.8, 4) is 11.5 Å². The Morgan fingerprint density at radius 3 is 1.85 bits per heavy atom. The molecule has 0 aliphatic heterocycles. The number of nitrogens with one attached hydrogen (secondary N) is 1. The Morgan fingerprint density at radius 2 is 1.16 bits per heavy atom. The summed E-state index contributed by atoms with van der Waals surface area (Å²) in [6.45, 7) is 5.42. The van der Waals surface area contributed by atoms with Crippen molar-refractivity contribution < 1.29 is 35.8 Å². The molecule has 0 radical (unpaired) electrons. The molecule has 0 atom stereocenters. The molecule has 0 aliphatic carbocycles. The highest BCUT2D eigenvalue weighted by Gasteiger charge is 2.15. The van der Waals surface area contributed by atoms with Crippen molar-refractivity contribution in [1.29, 1.82) is 0 Å². The topological polar surface area (TPSA) is 224 Å². The second kappa shape index (κ2) is 17.7. The van der Waals surface area contributed by atoms with Crippen molar-refractivity contribution in [2.45, 2.75) is 32.1 Å². The highest BCUT2D eigenvalue weighted by molar-refractivity contribution is 7.86. The maximum Gasteiger partial charge on any atom is 0.295 e. The molecule has 7 aromatic carbocycles. The lowest BCUT2D eigenvalue weighted by Crippen LogP contribution is -2.08. The van der Waals surface area contributed by atoms with E-state index in [1.165, 1.54) is 18.2 Å². The van der Waals surface area contributed by atoms with Crippen LogP contribution in [0.5, 0.6) is 11.5 Å². The first-order valence-corrected chi connectivity index (χ1v) is 21.8. The van der Waals surface area contributed by atoms with Crippen LogP contribution in [-0.2, 0) is 20.2 Å². The Bertz CT molecular complexity index is 3120. The summed E-state index contributed by atoms with van der Waals surface area (Å²) in [5.41, 5.74) is 6.52. The molecule has 0 aliphatic rings. The largest absolute Gasteiger partial charge is 0.505 e. The van der Waals surface area contributed by atoms with E-state index in [-0.39, 0.29) is 29.4 Å². The number of aryl methyl sites for hydroxylation is 3. The normalized spacial score (nSPS) is 12.3. The Kier molecular flexibility index (Phi) is 12.3. The number of anilines is 2. The molecular weight excluding hydrogens is 819 g/mol. The van der Waals surface area contributed by atoms with E-state index in [0.717, 1.165) is 27.9 Å². The van der Waals surface area contributed by atoms with Crippen molar-refractivity contribution in [1.82, 2.24) is 0 Å². The van der Waals surface area contributed by atoms with Gasteiger partial charge in [-0.25, -0.2) is 0 Å². The number of fused-ring (bicyclic) bond motifs is 2. The third-order valence-corrected chi connectivity index (χ3v) is 11.3. The molecule has 7 rings (SSSR count). The number of para-hydroxylation sites is 1. The molecule has 61 heavy (non-hydrogen) atoms. The van der Waals surface area contributed by atoms with Gasteiger partial charge in [-0.15, -0.1) is 10.2 Å². The SMILES string of the molecule is Cc1cc(N=Nc2cc(C)c(N=Nc3ccc4cc(Nc5ccccc5)ccc4c3O)cc2C)c(OCCCS(=O)(=O)O)cc1N=Nc1ccc2c(S(=O)(=O)O)cccc2c1. The fourth-order valence-corrected chi connectivity index (χ4v) is 7.59. The number of hydrogen-bond acceptors (Lipinski definition) is 13. The van der Waals surface area contributed by atoms with Crippen LogP contribution in [0, 0.1) is 20.8 Å². The van der Waals surface area contributed by atoms with Crippen molar-refractivity contribution >= 4 is 87.3 Å². The standard InChI is InChI=1S/C44H39N7O8S2/c1-27-22-39(28(2)21-38(27)49-47-37-18-13-31-24-33(14-17-36(31)44(37)52)45-32-10-5-4-6-11-32)50-51-41-23-29(3)40(26-42(41)59-19-8-20-60(53,54)55)48-46-34-15-16-35-30(25-34)9-7-12-43(35)61(56,57)58/h4-7,9-18,21-26,45,52H,8,19-20H2,1-3H3,(H,53,54,55)(H,56,57,58). The molecule has 0 saturated heterocycles. The van der Waals surface area contributed by atoms with Gasteiger partial charge in [-0.2, -0.15) is 37.3 Å². The van der Waals surface area contributed by atoms with Crippen LogP contribution in [0.2, 0.25) is 0 Å². The molecule has 0 amide bonds. The van der Waals surface area contributed by atoms with Gasteiger partial charge in [0.2, 0.25) is 0 Å². The summed E-state index contributed by atoms with van der Waals surface area (Å²) in [5.74, 6) is -0.259. The fourth-order valence-electron chi connectivity index (χ4n) is 6.39. The third-order valence-electron chi connectivity index (χ3n) is 9.53. The van der Waals surface area contributed by atoms with Gasteiger partial charge in [0, 0.05) is 28.2 Å². The zero-order valence-corrected chi connectivity index (χ0v) is 34.7. The van der Waals surface area contributed by atoms with Gasteiger partial charge in [0.1, 0.15) is 22.0 Å². The first-order valence-electron chi connectivity index (χ1n) is 18.8. The molecule has 0 fully saturated rings. The van der Waals surface area contributed by atoms with E-state index in [9.17, 15) is 31.0 Å². The smallest absolute Gasteiger partial charge is 0.295 e. The molecule has 0 unspecified atom stereocenters. The van der Waals surface area contributed by atoms with Gasteiger partial charge < -0.3 is 15.2 Å². The maximum atomic E-state index is 11.8. The minimum atomic E-state index is -4.43. The predicted molar refractivity (Wildman–Crippen MR) is 235 cm³/mol. The van der Waals surface area contributed by atoms with Crippen LogP contribution in [0.1, 0.15) is 23.1 Å². The quantitative estimate of drug-likeness (QED) is 0.0463. The van der Waals surface area contributed by atoms with Gasteiger partial charge in [0.05, 0.1) is 35.1 Å². The number of nitrogens with zero attached hydrogens (tertiary/aromatic N) is 6. The number of aromatic hydroxyl groups is 1. The Labute approximate surface area is 351 Å². The molecule has 0 bridgehead atoms. The van der Waals surface area contributed by atoms with Crippen molar-refractivity contribution in [3.05, 3.63) is 138 Å². The first-order chi connectivity index (χ1) is 29.1. The summed E-state index contributed by atoms with van der Waals surface area (Å²) >= 11 is 0. The molecule has 0 aromatic heterocycles. The summed E-state index contributed by atoms with van der Waals surface area (Å²) in [5, 5.41) is 43.3. The maximum absolute atomic E-state index is 11.8. The Morgan fingerprint density at radius 1 is 0.557 bits per heavy atom. The van der Waals surface area contributed by atoms with Gasteiger partial charge in [0.15, 0.2) is 5.75 Å². The van der Waals surface area contributed by atoms with Gasteiger partial charge in [0.25, 0.3) is 20.2 Å². The van der Waals surface area contributed by atoms with E-state index in [1.54, 1.807) is 49.4 Å². The lowest BCUT2D eigenvalue weighted by molar-refractivity contribution is 0.317. The van der Waals surface area contributed by atoms with E-state index in [2.05, 4.69) is 36.0 Å². The lowest BCUT2D eigenvalue weighted by Gasteiger charge is -2.11. The van der Waals surface area contributed by atoms with Crippen LogP contribution >= 0.6 is 0 Å². The van der Waals surface area contributed by atoms with Crippen molar-refractivity contribution in [2.75, 3.05) is 17.7 Å². The average molecular weight is 858 g/mol. The van der Waals surface area contributed by atoms with E-state index in [1.807, 2.05) is 74.5 Å². The number of rotatable bonds is 14. The third kappa shape index (κ3) is 10.5. The summed E-state index contributed by atoms with van der Waals surface area (Å²) in [4.78, 5) is -0.220. The zero-order valence-electron chi connectivity index (χ0n) is 33.1. The van der Waals surface area contributed by atoms with Crippen LogP contribution in [-0.4, -0.2) is 43.4 Å². The summed E-state index contributed by atoms with van der Waals surface area (Å²) in [7, 11) is -8.64. The Hall–Kier alpha value is -6.92. The lowest BCUT2D eigenvalue weighted by atomic mass is 10.1. The van der Waals surface area contributed by atoms with Crippen LogP contribution in [0.3, 0.4) is 0 Å². The summed E-state index contributed by atoms with van der Waals surface area (Å²) < 4.78 is 71.1. The van der Waals surface area contributed by atoms with E-state index in [4.69, 9.17) is 4.74 Å². The van der Waals surface area contributed by atoms with E-state index >= 15 is 0 Å².